The second-order valence-electron chi connectivity index (χ2n) is 6.71. The van der Waals surface area contributed by atoms with Crippen LogP contribution >= 0.6 is 0 Å². The lowest BCUT2D eigenvalue weighted by Crippen LogP contribution is -2.17. The molecule has 0 unspecified atom stereocenters. The van der Waals surface area contributed by atoms with Gasteiger partial charge in [-0.3, -0.25) is 14.6 Å². The maximum absolute atomic E-state index is 11.4. The SMILES string of the molecule is COC(=O)CC1CCC(c2ccc(-c3ccc(C=O)cn3)cc2)CC1. The van der Waals surface area contributed by atoms with Crippen molar-refractivity contribution in [2.24, 2.45) is 5.92 Å². The molecule has 1 aliphatic rings. The van der Waals surface area contributed by atoms with Crippen LogP contribution in [0.1, 0.15) is 53.9 Å². The van der Waals surface area contributed by atoms with E-state index in [1.165, 1.54) is 12.7 Å². The van der Waals surface area contributed by atoms with E-state index in [2.05, 4.69) is 29.2 Å². The average Bonchev–Trinajstić information content (AvgIpc) is 2.69. The highest BCUT2D eigenvalue weighted by atomic mass is 16.5. The largest absolute Gasteiger partial charge is 0.469 e. The van der Waals surface area contributed by atoms with Crippen molar-refractivity contribution in [2.75, 3.05) is 7.11 Å². The smallest absolute Gasteiger partial charge is 0.305 e. The zero-order chi connectivity index (χ0) is 17.6. The molecule has 0 N–H and O–H groups in total. The van der Waals surface area contributed by atoms with E-state index in [1.807, 2.05) is 6.07 Å². The molecule has 4 heteroatoms. The van der Waals surface area contributed by atoms with Gasteiger partial charge in [-0.15, -0.1) is 0 Å². The second-order valence-corrected chi connectivity index (χ2v) is 6.71. The molecule has 0 bridgehead atoms. The molecule has 1 aromatic carbocycles. The Balaban J connectivity index is 1.61. The van der Waals surface area contributed by atoms with Gasteiger partial charge in [0.1, 0.15) is 0 Å². The Morgan fingerprint density at radius 3 is 2.40 bits per heavy atom. The van der Waals surface area contributed by atoms with Gasteiger partial charge < -0.3 is 4.74 Å². The summed E-state index contributed by atoms with van der Waals surface area (Å²) in [6.45, 7) is 0. The number of pyridine rings is 1. The van der Waals surface area contributed by atoms with Crippen molar-refractivity contribution in [1.29, 1.82) is 0 Å². The van der Waals surface area contributed by atoms with Crippen molar-refractivity contribution in [1.82, 2.24) is 4.98 Å². The number of carbonyl (C=O) groups excluding carboxylic acids is 2. The van der Waals surface area contributed by atoms with E-state index in [0.29, 0.717) is 23.8 Å². The van der Waals surface area contributed by atoms with Gasteiger partial charge in [-0.1, -0.05) is 24.3 Å². The first kappa shape index (κ1) is 17.3. The fourth-order valence-corrected chi connectivity index (χ4v) is 3.59. The molecule has 130 valence electrons. The van der Waals surface area contributed by atoms with Gasteiger partial charge in [0.15, 0.2) is 6.29 Å². The van der Waals surface area contributed by atoms with Crippen molar-refractivity contribution in [3.05, 3.63) is 53.7 Å². The molecule has 1 aromatic heterocycles. The van der Waals surface area contributed by atoms with Gasteiger partial charge in [-0.2, -0.15) is 0 Å². The number of nitrogens with zero attached hydrogens (tertiary/aromatic N) is 1. The lowest BCUT2D eigenvalue weighted by Gasteiger charge is -2.28. The number of ether oxygens (including phenoxy) is 1. The quantitative estimate of drug-likeness (QED) is 0.599. The Labute approximate surface area is 148 Å². The molecule has 0 amide bonds. The fraction of sp³-hybridized carbons (Fsp3) is 0.381. The molecule has 0 radical (unpaired) electrons. The predicted molar refractivity (Wildman–Crippen MR) is 96.4 cm³/mol. The average molecular weight is 337 g/mol. The minimum atomic E-state index is -0.0964. The molecule has 1 aliphatic carbocycles. The molecular weight excluding hydrogens is 314 g/mol. The van der Waals surface area contributed by atoms with Crippen LogP contribution in [0.5, 0.6) is 0 Å². The molecular formula is C21H23NO3. The van der Waals surface area contributed by atoms with Crippen LogP contribution in [0.25, 0.3) is 11.3 Å². The van der Waals surface area contributed by atoms with Crippen LogP contribution in [0.15, 0.2) is 42.6 Å². The van der Waals surface area contributed by atoms with Crippen LogP contribution in [0.2, 0.25) is 0 Å². The van der Waals surface area contributed by atoms with Crippen molar-refractivity contribution in [2.45, 2.75) is 38.0 Å². The monoisotopic (exact) mass is 337 g/mol. The number of benzene rings is 1. The summed E-state index contributed by atoms with van der Waals surface area (Å²) in [6.07, 6.45) is 7.34. The topological polar surface area (TPSA) is 56.3 Å². The third-order valence-electron chi connectivity index (χ3n) is 5.13. The lowest BCUT2D eigenvalue weighted by atomic mass is 9.77. The first-order valence-electron chi connectivity index (χ1n) is 8.78. The summed E-state index contributed by atoms with van der Waals surface area (Å²) in [6, 6.07) is 12.2. The summed E-state index contributed by atoms with van der Waals surface area (Å²) in [5, 5.41) is 0. The van der Waals surface area contributed by atoms with E-state index in [4.69, 9.17) is 4.74 Å². The van der Waals surface area contributed by atoms with E-state index < -0.39 is 0 Å². The van der Waals surface area contributed by atoms with E-state index in [0.717, 1.165) is 43.2 Å². The van der Waals surface area contributed by atoms with Crippen LogP contribution in [0.3, 0.4) is 0 Å². The molecule has 0 saturated heterocycles. The van der Waals surface area contributed by atoms with Gasteiger partial charge in [0, 0.05) is 23.7 Å². The number of rotatable bonds is 5. The van der Waals surface area contributed by atoms with Crippen LogP contribution in [0, 0.1) is 5.92 Å². The van der Waals surface area contributed by atoms with Gasteiger partial charge >= 0.3 is 5.97 Å². The summed E-state index contributed by atoms with van der Waals surface area (Å²) < 4.78 is 4.77. The van der Waals surface area contributed by atoms with Gasteiger partial charge in [0.2, 0.25) is 0 Å². The number of aromatic nitrogens is 1. The molecule has 3 rings (SSSR count). The van der Waals surface area contributed by atoms with Crippen molar-refractivity contribution < 1.29 is 14.3 Å². The van der Waals surface area contributed by atoms with Crippen molar-refractivity contribution >= 4 is 12.3 Å². The summed E-state index contributed by atoms with van der Waals surface area (Å²) in [7, 11) is 1.46. The number of carbonyl (C=O) groups is 2. The lowest BCUT2D eigenvalue weighted by molar-refractivity contribution is -0.142. The highest BCUT2D eigenvalue weighted by molar-refractivity contribution is 5.75. The first-order valence-corrected chi connectivity index (χ1v) is 8.78. The molecule has 2 aromatic rings. The molecule has 1 fully saturated rings. The molecule has 1 saturated carbocycles. The number of esters is 1. The minimum Gasteiger partial charge on any atom is -0.469 e. The normalized spacial score (nSPS) is 20.0. The van der Waals surface area contributed by atoms with Gasteiger partial charge in [-0.25, -0.2) is 0 Å². The van der Waals surface area contributed by atoms with Crippen LogP contribution in [0.4, 0.5) is 0 Å². The number of hydrogen-bond donors (Lipinski definition) is 0. The van der Waals surface area contributed by atoms with Gasteiger partial charge in [0.25, 0.3) is 0 Å². The Morgan fingerprint density at radius 2 is 1.84 bits per heavy atom. The van der Waals surface area contributed by atoms with E-state index in [-0.39, 0.29) is 5.97 Å². The van der Waals surface area contributed by atoms with Crippen LogP contribution in [-0.2, 0) is 9.53 Å². The van der Waals surface area contributed by atoms with E-state index in [1.54, 1.807) is 12.3 Å². The number of hydrogen-bond acceptors (Lipinski definition) is 4. The molecule has 0 spiro atoms. The van der Waals surface area contributed by atoms with E-state index in [9.17, 15) is 9.59 Å². The zero-order valence-corrected chi connectivity index (χ0v) is 14.5. The minimum absolute atomic E-state index is 0.0964. The third kappa shape index (κ3) is 4.32. The number of methoxy groups -OCH3 is 1. The highest BCUT2D eigenvalue weighted by Crippen LogP contribution is 2.37. The molecule has 25 heavy (non-hydrogen) atoms. The summed E-state index contributed by atoms with van der Waals surface area (Å²) >= 11 is 0. The fourth-order valence-electron chi connectivity index (χ4n) is 3.59. The van der Waals surface area contributed by atoms with Crippen molar-refractivity contribution in [3.8, 4) is 11.3 Å². The Kier molecular flexibility index (Phi) is 5.59. The Hall–Kier alpha value is -2.49. The summed E-state index contributed by atoms with van der Waals surface area (Å²) in [5.74, 6) is 0.928. The number of aldehydes is 1. The highest BCUT2D eigenvalue weighted by Gasteiger charge is 2.24. The van der Waals surface area contributed by atoms with Gasteiger partial charge in [-0.05, 0) is 55.2 Å². The van der Waals surface area contributed by atoms with Crippen molar-refractivity contribution in [3.63, 3.8) is 0 Å². The standard InChI is InChI=1S/C21H23NO3/c1-25-21(24)12-15-2-5-17(6-3-15)18-7-9-19(10-8-18)20-11-4-16(14-23)13-22-20/h4,7-11,13-15,17H,2-3,5-6,12H2,1H3. The van der Waals surface area contributed by atoms with Gasteiger partial charge in [0.05, 0.1) is 12.8 Å². The first-order chi connectivity index (χ1) is 12.2. The van der Waals surface area contributed by atoms with E-state index >= 15 is 0 Å². The Bertz CT molecular complexity index is 714. The second kappa shape index (κ2) is 8.06. The maximum Gasteiger partial charge on any atom is 0.305 e. The maximum atomic E-state index is 11.4. The molecule has 0 atom stereocenters. The Morgan fingerprint density at radius 1 is 1.12 bits per heavy atom. The predicted octanol–water partition coefficient (Wildman–Crippen LogP) is 4.40. The summed E-state index contributed by atoms with van der Waals surface area (Å²) in [4.78, 5) is 26.4. The molecule has 0 aliphatic heterocycles. The summed E-state index contributed by atoms with van der Waals surface area (Å²) in [5.41, 5.74) is 3.87. The van der Waals surface area contributed by atoms with Crippen LogP contribution < -0.4 is 0 Å². The third-order valence-corrected chi connectivity index (χ3v) is 5.13. The van der Waals surface area contributed by atoms with Crippen LogP contribution in [-0.4, -0.2) is 24.3 Å². The molecule has 4 nitrogen and oxygen atoms in total. The zero-order valence-electron chi connectivity index (χ0n) is 14.5. The molecule has 1 heterocycles.